The normalized spacial score (nSPS) is 20.3. The maximum atomic E-state index is 12.4. The first-order chi connectivity index (χ1) is 11.6. The highest BCUT2D eigenvalue weighted by Gasteiger charge is 2.41. The largest absolute Gasteiger partial charge is 0.481 e. The molecular formula is C17H19N3O4. The minimum atomic E-state index is -1.04. The maximum Gasteiger partial charge on any atom is 0.319 e. The van der Waals surface area contributed by atoms with Gasteiger partial charge in [-0.25, -0.2) is 4.98 Å². The topological polar surface area (TPSA) is 84.8 Å². The highest BCUT2D eigenvalue weighted by Crippen LogP contribution is 2.38. The van der Waals surface area contributed by atoms with Gasteiger partial charge in [-0.1, -0.05) is 30.3 Å². The fourth-order valence-electron chi connectivity index (χ4n) is 2.90. The zero-order valence-electron chi connectivity index (χ0n) is 13.5. The van der Waals surface area contributed by atoms with Gasteiger partial charge in [0.25, 0.3) is 5.91 Å². The summed E-state index contributed by atoms with van der Waals surface area (Å²) in [7, 11) is 2.97. The van der Waals surface area contributed by atoms with Gasteiger partial charge in [-0.2, -0.15) is 4.98 Å². The lowest BCUT2D eigenvalue weighted by Gasteiger charge is -2.25. The second kappa shape index (κ2) is 6.84. The quantitative estimate of drug-likeness (QED) is 0.891. The van der Waals surface area contributed by atoms with Crippen molar-refractivity contribution in [1.29, 1.82) is 0 Å². The van der Waals surface area contributed by atoms with Crippen LogP contribution in [0.5, 0.6) is 11.9 Å². The van der Waals surface area contributed by atoms with Crippen LogP contribution < -0.4 is 9.47 Å². The van der Waals surface area contributed by atoms with E-state index in [-0.39, 0.29) is 24.4 Å². The Morgan fingerprint density at radius 2 is 2.00 bits per heavy atom. The molecule has 7 heteroatoms. The van der Waals surface area contributed by atoms with E-state index in [0.717, 1.165) is 5.56 Å². The minimum absolute atomic E-state index is 0.190. The summed E-state index contributed by atoms with van der Waals surface area (Å²) in [5.74, 6) is 0.0357. The molecule has 1 N–H and O–H groups in total. The van der Waals surface area contributed by atoms with Crippen molar-refractivity contribution in [1.82, 2.24) is 14.9 Å². The average molecular weight is 329 g/mol. The third-order valence-electron chi connectivity index (χ3n) is 4.08. The lowest BCUT2D eigenvalue weighted by molar-refractivity contribution is -0.135. The van der Waals surface area contributed by atoms with Crippen molar-refractivity contribution in [3.63, 3.8) is 0 Å². The summed E-state index contributed by atoms with van der Waals surface area (Å²) < 4.78 is 10.3. The van der Waals surface area contributed by atoms with Crippen molar-refractivity contribution in [2.75, 3.05) is 14.2 Å². The first kappa shape index (κ1) is 16.2. The lowest BCUT2D eigenvalue weighted by atomic mass is 10.1. The van der Waals surface area contributed by atoms with Crippen molar-refractivity contribution < 1.29 is 19.4 Å². The molecule has 1 fully saturated rings. The molecular weight excluding hydrogens is 310 g/mol. The van der Waals surface area contributed by atoms with Crippen LogP contribution in [0.4, 0.5) is 0 Å². The Balaban J connectivity index is 1.94. The summed E-state index contributed by atoms with van der Waals surface area (Å²) in [5.41, 5.74) is 1.64. The number of hydrogen-bond donors (Lipinski definition) is 1. The van der Waals surface area contributed by atoms with Crippen molar-refractivity contribution in [2.24, 2.45) is 0 Å². The zero-order valence-corrected chi connectivity index (χ0v) is 13.5. The van der Waals surface area contributed by atoms with Crippen molar-refractivity contribution in [3.8, 4) is 11.9 Å². The zero-order chi connectivity index (χ0) is 17.1. The van der Waals surface area contributed by atoms with Crippen molar-refractivity contribution >= 4 is 5.91 Å². The molecule has 0 bridgehead atoms. The van der Waals surface area contributed by atoms with E-state index in [0.29, 0.717) is 18.0 Å². The van der Waals surface area contributed by atoms with Crippen LogP contribution in [0.2, 0.25) is 0 Å². The van der Waals surface area contributed by atoms with Gasteiger partial charge in [-0.05, 0) is 5.56 Å². The molecule has 0 radical (unpaired) electrons. The molecule has 3 rings (SSSR count). The van der Waals surface area contributed by atoms with E-state index >= 15 is 0 Å². The standard InChI is InChI=1S/C17H19N3O4/c1-23-15-12(9-18-17(19-15)24-2)13-8-14(21)16(22)20(13)10-11-6-4-3-5-7-11/h3-7,9,13-14,21H,8,10H2,1-2H3/t13-,14-/m0/s1. The number of ether oxygens (including phenoxy) is 2. The average Bonchev–Trinajstić information content (AvgIpc) is 2.90. The molecule has 24 heavy (non-hydrogen) atoms. The molecule has 1 aliphatic heterocycles. The number of aliphatic hydroxyl groups excluding tert-OH is 1. The summed E-state index contributed by atoms with van der Waals surface area (Å²) in [6.07, 6.45) is 0.821. The highest BCUT2D eigenvalue weighted by molar-refractivity contribution is 5.83. The number of aromatic nitrogens is 2. The van der Waals surface area contributed by atoms with Gasteiger partial charge >= 0.3 is 6.01 Å². The Hall–Kier alpha value is -2.67. The van der Waals surface area contributed by atoms with E-state index in [1.807, 2.05) is 30.3 Å². The van der Waals surface area contributed by atoms with Gasteiger partial charge in [0.2, 0.25) is 5.88 Å². The van der Waals surface area contributed by atoms with Crippen LogP contribution in [0.1, 0.15) is 23.6 Å². The predicted octanol–water partition coefficient (Wildman–Crippen LogP) is 1.33. The molecule has 7 nitrogen and oxygen atoms in total. The van der Waals surface area contributed by atoms with Crippen LogP contribution in [-0.2, 0) is 11.3 Å². The molecule has 1 aromatic heterocycles. The smallest absolute Gasteiger partial charge is 0.319 e. The van der Waals surface area contributed by atoms with E-state index in [1.54, 1.807) is 11.1 Å². The van der Waals surface area contributed by atoms with Crippen LogP contribution in [0.25, 0.3) is 0 Å². The summed E-state index contributed by atoms with van der Waals surface area (Å²) in [6.45, 7) is 0.399. The maximum absolute atomic E-state index is 12.4. The number of likely N-dealkylation sites (tertiary alicyclic amines) is 1. The first-order valence-electron chi connectivity index (χ1n) is 7.61. The predicted molar refractivity (Wildman–Crippen MR) is 85.5 cm³/mol. The van der Waals surface area contributed by atoms with Gasteiger partial charge in [0.15, 0.2) is 0 Å². The third kappa shape index (κ3) is 3.03. The third-order valence-corrected chi connectivity index (χ3v) is 4.08. The summed E-state index contributed by atoms with van der Waals surface area (Å²) in [5, 5.41) is 10.0. The number of carbonyl (C=O) groups excluding carboxylic acids is 1. The van der Waals surface area contributed by atoms with Crippen molar-refractivity contribution in [2.45, 2.75) is 25.1 Å². The number of nitrogens with zero attached hydrogens (tertiary/aromatic N) is 3. The Morgan fingerprint density at radius 3 is 2.67 bits per heavy atom. The fraction of sp³-hybridized carbons (Fsp3) is 0.353. The highest BCUT2D eigenvalue weighted by atomic mass is 16.5. The number of benzene rings is 1. The number of amides is 1. The van der Waals surface area contributed by atoms with Gasteiger partial charge < -0.3 is 19.5 Å². The number of rotatable bonds is 5. The van der Waals surface area contributed by atoms with Gasteiger partial charge in [0.05, 0.1) is 25.8 Å². The number of hydrogen-bond acceptors (Lipinski definition) is 6. The Morgan fingerprint density at radius 1 is 1.25 bits per heavy atom. The van der Waals surface area contributed by atoms with Crippen LogP contribution >= 0.6 is 0 Å². The molecule has 1 aliphatic rings. The Labute approximate surface area is 139 Å². The number of aliphatic hydroxyl groups is 1. The van der Waals surface area contributed by atoms with Crippen LogP contribution in [-0.4, -0.2) is 46.2 Å². The second-order valence-electron chi connectivity index (χ2n) is 5.54. The molecule has 2 heterocycles. The van der Waals surface area contributed by atoms with Gasteiger partial charge in [-0.3, -0.25) is 4.79 Å². The molecule has 0 unspecified atom stereocenters. The van der Waals surface area contributed by atoms with Gasteiger partial charge in [0.1, 0.15) is 6.10 Å². The summed E-state index contributed by atoms with van der Waals surface area (Å²) >= 11 is 0. The van der Waals surface area contributed by atoms with E-state index in [2.05, 4.69) is 9.97 Å². The van der Waals surface area contributed by atoms with E-state index < -0.39 is 6.10 Å². The van der Waals surface area contributed by atoms with Crippen LogP contribution in [0.15, 0.2) is 36.5 Å². The number of carbonyl (C=O) groups is 1. The monoisotopic (exact) mass is 329 g/mol. The molecule has 1 saturated heterocycles. The fourth-order valence-corrected chi connectivity index (χ4v) is 2.90. The molecule has 126 valence electrons. The number of methoxy groups -OCH3 is 2. The molecule has 0 aliphatic carbocycles. The molecule has 0 saturated carbocycles. The Bertz CT molecular complexity index is 723. The minimum Gasteiger partial charge on any atom is -0.481 e. The summed E-state index contributed by atoms with van der Waals surface area (Å²) in [6, 6.07) is 9.47. The SMILES string of the molecule is COc1ncc([C@@H]2C[C@H](O)C(=O)N2Cc2ccccc2)c(OC)n1. The van der Waals surface area contributed by atoms with Crippen LogP contribution in [0, 0.1) is 0 Å². The van der Waals surface area contributed by atoms with E-state index in [9.17, 15) is 9.90 Å². The molecule has 2 aromatic rings. The molecule has 2 atom stereocenters. The van der Waals surface area contributed by atoms with Gasteiger partial charge in [0, 0.05) is 19.2 Å². The van der Waals surface area contributed by atoms with Crippen molar-refractivity contribution in [3.05, 3.63) is 47.7 Å². The van der Waals surface area contributed by atoms with E-state index in [1.165, 1.54) is 14.2 Å². The molecule has 1 aromatic carbocycles. The second-order valence-corrected chi connectivity index (χ2v) is 5.54. The van der Waals surface area contributed by atoms with E-state index in [4.69, 9.17) is 9.47 Å². The lowest BCUT2D eigenvalue weighted by Crippen LogP contribution is -2.30. The summed E-state index contributed by atoms with van der Waals surface area (Å²) in [4.78, 5) is 22.3. The first-order valence-corrected chi connectivity index (χ1v) is 7.61. The molecule has 0 spiro atoms. The van der Waals surface area contributed by atoms with Crippen LogP contribution in [0.3, 0.4) is 0 Å². The Kier molecular flexibility index (Phi) is 4.61. The van der Waals surface area contributed by atoms with Gasteiger partial charge in [-0.15, -0.1) is 0 Å². The molecule has 1 amide bonds.